The van der Waals surface area contributed by atoms with Crippen molar-refractivity contribution in [2.24, 2.45) is 0 Å². The smallest absolute Gasteiger partial charge is 0.171 e. The van der Waals surface area contributed by atoms with Crippen molar-refractivity contribution in [3.05, 3.63) is 63.6 Å². The van der Waals surface area contributed by atoms with Crippen LogP contribution in [-0.4, -0.2) is 0 Å². The zero-order valence-corrected chi connectivity index (χ0v) is 11.9. The Kier molecular flexibility index (Phi) is 3.82. The Bertz CT molecular complexity index is 569. The molecule has 19 heavy (non-hydrogen) atoms. The van der Waals surface area contributed by atoms with Gasteiger partial charge in [0.25, 0.3) is 0 Å². The summed E-state index contributed by atoms with van der Waals surface area (Å²) >= 11 is 3.43. The largest absolute Gasteiger partial charge is 0.337 e. The summed E-state index contributed by atoms with van der Waals surface area (Å²) in [5.41, 5.74) is 3.57. The number of halogens is 1. The molecular weight excluding hydrogens is 306 g/mol. The van der Waals surface area contributed by atoms with Gasteiger partial charge in [-0.05, 0) is 29.3 Å². The topological polar surface area (TPSA) is 30.5 Å². The monoisotopic (exact) mass is 319 g/mol. The summed E-state index contributed by atoms with van der Waals surface area (Å²) in [7, 11) is 0. The fourth-order valence-corrected chi connectivity index (χ4v) is 2.28. The van der Waals surface area contributed by atoms with Crippen molar-refractivity contribution in [2.75, 3.05) is 0 Å². The van der Waals surface area contributed by atoms with Crippen molar-refractivity contribution in [3.63, 3.8) is 0 Å². The number of benzene rings is 2. The molecule has 0 radical (unpaired) electrons. The molecule has 3 nitrogen and oxygen atoms in total. The Labute approximate surface area is 120 Å². The van der Waals surface area contributed by atoms with Crippen molar-refractivity contribution >= 4 is 15.9 Å². The first-order chi connectivity index (χ1) is 9.31. The molecule has 1 aliphatic heterocycles. The van der Waals surface area contributed by atoms with Crippen LogP contribution < -0.4 is 10.2 Å². The van der Waals surface area contributed by atoms with Gasteiger partial charge in [-0.25, -0.2) is 0 Å². The molecule has 98 valence electrons. The van der Waals surface area contributed by atoms with Crippen LogP contribution in [-0.2, 0) is 24.6 Å². The third kappa shape index (κ3) is 3.15. The van der Waals surface area contributed by atoms with Crippen LogP contribution in [0, 0.1) is 0 Å². The Morgan fingerprint density at radius 2 is 1.74 bits per heavy atom. The van der Waals surface area contributed by atoms with E-state index in [2.05, 4.69) is 57.6 Å². The predicted molar refractivity (Wildman–Crippen MR) is 76.5 cm³/mol. The minimum absolute atomic E-state index is 0.544. The van der Waals surface area contributed by atoms with Crippen LogP contribution in [0.15, 0.2) is 46.9 Å². The van der Waals surface area contributed by atoms with Gasteiger partial charge in [0.1, 0.15) is 6.61 Å². The summed E-state index contributed by atoms with van der Waals surface area (Å²) in [6.07, 6.45) is 0. The highest BCUT2D eigenvalue weighted by Gasteiger charge is 2.13. The van der Waals surface area contributed by atoms with Crippen molar-refractivity contribution in [1.82, 2.24) is 5.32 Å². The highest BCUT2D eigenvalue weighted by Crippen LogP contribution is 2.26. The van der Waals surface area contributed by atoms with Gasteiger partial charge in [0.15, 0.2) is 5.75 Å². The number of hydrogen-bond acceptors (Lipinski definition) is 3. The molecule has 0 aromatic heterocycles. The molecular formula is C15H14BrNO2. The molecule has 1 heterocycles. The summed E-state index contributed by atoms with van der Waals surface area (Å²) in [5.74, 6) is 0.836. The fraction of sp³-hybridized carbons (Fsp3) is 0.200. The van der Waals surface area contributed by atoms with Crippen molar-refractivity contribution in [3.8, 4) is 5.75 Å². The van der Waals surface area contributed by atoms with Crippen LogP contribution in [0.4, 0.5) is 0 Å². The van der Waals surface area contributed by atoms with Crippen LogP contribution in [0.1, 0.15) is 16.7 Å². The molecule has 0 unspecified atom stereocenters. The second kappa shape index (κ2) is 5.74. The first-order valence-corrected chi connectivity index (χ1v) is 6.97. The fourth-order valence-electron chi connectivity index (χ4n) is 2.02. The van der Waals surface area contributed by atoms with Crippen molar-refractivity contribution < 1.29 is 9.78 Å². The highest BCUT2D eigenvalue weighted by molar-refractivity contribution is 9.10. The quantitative estimate of drug-likeness (QED) is 0.874. The molecule has 0 saturated heterocycles. The molecule has 0 fully saturated rings. The van der Waals surface area contributed by atoms with Crippen LogP contribution >= 0.6 is 15.9 Å². The molecule has 2 aromatic carbocycles. The Morgan fingerprint density at radius 3 is 2.58 bits per heavy atom. The lowest BCUT2D eigenvalue weighted by Crippen LogP contribution is -2.12. The van der Waals surface area contributed by atoms with Crippen LogP contribution in [0.25, 0.3) is 0 Å². The molecule has 0 aliphatic carbocycles. The lowest BCUT2D eigenvalue weighted by atomic mass is 10.1. The second-order valence-electron chi connectivity index (χ2n) is 4.52. The predicted octanol–water partition coefficient (Wildman–Crippen LogP) is 3.56. The van der Waals surface area contributed by atoms with E-state index in [0.717, 1.165) is 28.9 Å². The van der Waals surface area contributed by atoms with Crippen LogP contribution in [0.5, 0.6) is 5.75 Å². The third-order valence-corrected chi connectivity index (χ3v) is 3.59. The van der Waals surface area contributed by atoms with E-state index < -0.39 is 0 Å². The van der Waals surface area contributed by atoms with Crippen LogP contribution in [0.2, 0.25) is 0 Å². The molecule has 0 spiro atoms. The van der Waals surface area contributed by atoms with E-state index in [4.69, 9.17) is 9.78 Å². The Hall–Kier alpha value is -1.36. The lowest BCUT2D eigenvalue weighted by Gasteiger charge is -2.06. The third-order valence-electron chi connectivity index (χ3n) is 3.07. The first kappa shape index (κ1) is 12.7. The first-order valence-electron chi connectivity index (χ1n) is 6.18. The van der Waals surface area contributed by atoms with E-state index in [1.165, 1.54) is 11.1 Å². The van der Waals surface area contributed by atoms with Gasteiger partial charge in [0, 0.05) is 23.1 Å². The molecule has 0 bridgehead atoms. The summed E-state index contributed by atoms with van der Waals surface area (Å²) in [6.45, 7) is 2.20. The van der Waals surface area contributed by atoms with E-state index in [-0.39, 0.29) is 0 Å². The van der Waals surface area contributed by atoms with Crippen molar-refractivity contribution in [2.45, 2.75) is 19.7 Å². The summed E-state index contributed by atoms with van der Waals surface area (Å²) < 4.78 is 1.10. The zero-order chi connectivity index (χ0) is 13.1. The molecule has 3 rings (SSSR count). The standard InChI is InChI=1S/C15H14BrNO2/c16-14-5-2-11(3-6-14)8-17-9-12-1-4-13-10-18-19-15(13)7-12/h1-7,17H,8-10H2. The van der Waals surface area contributed by atoms with E-state index in [0.29, 0.717) is 6.61 Å². The van der Waals surface area contributed by atoms with Gasteiger partial charge in [-0.2, -0.15) is 4.89 Å². The average molecular weight is 320 g/mol. The zero-order valence-electron chi connectivity index (χ0n) is 10.4. The number of hydrogen-bond donors (Lipinski definition) is 1. The Balaban J connectivity index is 1.56. The number of fused-ring (bicyclic) bond motifs is 1. The molecule has 0 atom stereocenters. The second-order valence-corrected chi connectivity index (χ2v) is 5.43. The van der Waals surface area contributed by atoms with Gasteiger partial charge in [0.05, 0.1) is 0 Å². The molecule has 1 N–H and O–H groups in total. The molecule has 4 heteroatoms. The van der Waals surface area contributed by atoms with E-state index in [1.807, 2.05) is 6.07 Å². The van der Waals surface area contributed by atoms with E-state index in [9.17, 15) is 0 Å². The molecule has 2 aromatic rings. The number of nitrogens with one attached hydrogen (secondary N) is 1. The molecule has 1 aliphatic rings. The maximum atomic E-state index is 5.08. The van der Waals surface area contributed by atoms with Gasteiger partial charge < -0.3 is 10.2 Å². The van der Waals surface area contributed by atoms with Gasteiger partial charge in [-0.1, -0.05) is 40.2 Å². The average Bonchev–Trinajstić information content (AvgIpc) is 2.88. The summed E-state index contributed by atoms with van der Waals surface area (Å²) in [4.78, 5) is 10.0. The Morgan fingerprint density at radius 1 is 1.00 bits per heavy atom. The summed E-state index contributed by atoms with van der Waals surface area (Å²) in [5, 5.41) is 3.42. The van der Waals surface area contributed by atoms with E-state index in [1.54, 1.807) is 0 Å². The molecule has 0 amide bonds. The van der Waals surface area contributed by atoms with Gasteiger partial charge in [0.2, 0.25) is 0 Å². The minimum Gasteiger partial charge on any atom is -0.337 e. The van der Waals surface area contributed by atoms with Gasteiger partial charge in [-0.3, -0.25) is 0 Å². The number of rotatable bonds is 4. The van der Waals surface area contributed by atoms with E-state index >= 15 is 0 Å². The highest BCUT2D eigenvalue weighted by atomic mass is 79.9. The van der Waals surface area contributed by atoms with Gasteiger partial charge in [-0.15, -0.1) is 0 Å². The maximum absolute atomic E-state index is 5.08. The van der Waals surface area contributed by atoms with Crippen molar-refractivity contribution in [1.29, 1.82) is 0 Å². The normalized spacial score (nSPS) is 13.1. The van der Waals surface area contributed by atoms with Gasteiger partial charge >= 0.3 is 0 Å². The van der Waals surface area contributed by atoms with Crippen LogP contribution in [0.3, 0.4) is 0 Å². The minimum atomic E-state index is 0.544. The summed E-state index contributed by atoms with van der Waals surface area (Å²) in [6, 6.07) is 14.5. The lowest BCUT2D eigenvalue weighted by molar-refractivity contribution is -0.194. The maximum Gasteiger partial charge on any atom is 0.171 e. The SMILES string of the molecule is Brc1ccc(CNCc2ccc3c(c2)OOC3)cc1. The molecule has 0 saturated carbocycles.